The highest BCUT2D eigenvalue weighted by atomic mass is 16.3. The largest absolute Gasteiger partial charge is 0.468 e. The second-order valence-corrected chi connectivity index (χ2v) is 3.60. The van der Waals surface area contributed by atoms with Gasteiger partial charge in [-0.25, -0.2) is 0 Å². The number of nitrogens with two attached hydrogens (primary N) is 1. The lowest BCUT2D eigenvalue weighted by molar-refractivity contribution is 0.186. The van der Waals surface area contributed by atoms with Gasteiger partial charge in [-0.05, 0) is 25.5 Å². The topological polar surface area (TPSA) is 42.4 Å². The summed E-state index contributed by atoms with van der Waals surface area (Å²) in [7, 11) is 0. The third kappa shape index (κ3) is 3.16. The zero-order valence-corrected chi connectivity index (χ0v) is 9.07. The van der Waals surface area contributed by atoms with Gasteiger partial charge in [0.25, 0.3) is 0 Å². The van der Waals surface area contributed by atoms with E-state index in [2.05, 4.69) is 18.7 Å². The smallest absolute Gasteiger partial charge is 0.117 e. The zero-order chi connectivity index (χ0) is 10.4. The predicted molar refractivity (Wildman–Crippen MR) is 57.9 cm³/mol. The second-order valence-electron chi connectivity index (χ2n) is 3.60. The molecule has 0 spiro atoms. The highest BCUT2D eigenvalue weighted by molar-refractivity contribution is 4.98. The first kappa shape index (κ1) is 11.3. The molecule has 80 valence electrons. The Morgan fingerprint density at radius 3 is 2.86 bits per heavy atom. The molecule has 3 heteroatoms. The van der Waals surface area contributed by atoms with Gasteiger partial charge in [-0.1, -0.05) is 6.92 Å². The van der Waals surface area contributed by atoms with E-state index in [1.54, 1.807) is 6.26 Å². The van der Waals surface area contributed by atoms with E-state index in [0.29, 0.717) is 12.6 Å². The number of hydrogen-bond donors (Lipinski definition) is 1. The first-order chi connectivity index (χ1) is 6.77. The molecule has 0 amide bonds. The molecule has 0 saturated carbocycles. The van der Waals surface area contributed by atoms with Gasteiger partial charge in [-0.3, -0.25) is 4.90 Å². The average molecular weight is 196 g/mol. The van der Waals surface area contributed by atoms with E-state index < -0.39 is 0 Å². The summed E-state index contributed by atoms with van der Waals surface area (Å²) in [5.41, 5.74) is 5.58. The molecule has 0 aliphatic carbocycles. The standard InChI is InChI=1S/C11H20N2O/c1-3-10(2)13(7-6-12)9-11-5-4-8-14-11/h4-5,8,10H,3,6-7,9,12H2,1-2H3/t10-/m0/s1. The fourth-order valence-electron chi connectivity index (χ4n) is 1.48. The third-order valence-electron chi connectivity index (χ3n) is 2.57. The molecule has 0 aliphatic rings. The van der Waals surface area contributed by atoms with Gasteiger partial charge in [-0.2, -0.15) is 0 Å². The number of furan rings is 1. The van der Waals surface area contributed by atoms with Crippen LogP contribution in [-0.2, 0) is 6.54 Å². The predicted octanol–water partition coefficient (Wildman–Crippen LogP) is 1.84. The van der Waals surface area contributed by atoms with Crippen LogP contribution in [0.2, 0.25) is 0 Å². The van der Waals surface area contributed by atoms with Crippen LogP contribution in [-0.4, -0.2) is 24.0 Å². The quantitative estimate of drug-likeness (QED) is 0.755. The SMILES string of the molecule is CC[C@H](C)N(CCN)Cc1ccco1. The molecular formula is C11H20N2O. The van der Waals surface area contributed by atoms with Crippen LogP contribution in [0.1, 0.15) is 26.0 Å². The van der Waals surface area contributed by atoms with Crippen molar-refractivity contribution in [2.24, 2.45) is 5.73 Å². The maximum Gasteiger partial charge on any atom is 0.117 e. The molecule has 0 bridgehead atoms. The second kappa shape index (κ2) is 5.83. The van der Waals surface area contributed by atoms with Gasteiger partial charge in [0.15, 0.2) is 0 Å². The Morgan fingerprint density at radius 1 is 1.57 bits per heavy atom. The third-order valence-corrected chi connectivity index (χ3v) is 2.57. The lowest BCUT2D eigenvalue weighted by atomic mass is 10.2. The maximum atomic E-state index is 5.58. The average Bonchev–Trinajstić information content (AvgIpc) is 2.68. The summed E-state index contributed by atoms with van der Waals surface area (Å²) in [4.78, 5) is 2.35. The maximum absolute atomic E-state index is 5.58. The van der Waals surface area contributed by atoms with Gasteiger partial charge >= 0.3 is 0 Å². The zero-order valence-electron chi connectivity index (χ0n) is 9.07. The van der Waals surface area contributed by atoms with Gasteiger partial charge < -0.3 is 10.2 Å². The normalized spacial score (nSPS) is 13.4. The molecule has 1 heterocycles. The van der Waals surface area contributed by atoms with Crippen LogP contribution in [0, 0.1) is 0 Å². The molecule has 1 aromatic rings. The molecule has 0 unspecified atom stereocenters. The van der Waals surface area contributed by atoms with Crippen molar-refractivity contribution < 1.29 is 4.42 Å². The van der Waals surface area contributed by atoms with Crippen LogP contribution in [0.25, 0.3) is 0 Å². The fourth-order valence-corrected chi connectivity index (χ4v) is 1.48. The summed E-state index contributed by atoms with van der Waals surface area (Å²) in [6.07, 6.45) is 2.85. The van der Waals surface area contributed by atoms with Crippen molar-refractivity contribution in [1.29, 1.82) is 0 Å². The number of hydrogen-bond acceptors (Lipinski definition) is 3. The molecule has 1 aromatic heterocycles. The minimum atomic E-state index is 0.559. The first-order valence-electron chi connectivity index (χ1n) is 5.24. The Hall–Kier alpha value is -0.800. The van der Waals surface area contributed by atoms with Crippen molar-refractivity contribution in [3.8, 4) is 0 Å². The van der Waals surface area contributed by atoms with E-state index in [4.69, 9.17) is 10.2 Å². The molecule has 3 nitrogen and oxygen atoms in total. The summed E-state index contributed by atoms with van der Waals surface area (Å²) in [6, 6.07) is 4.49. The highest BCUT2D eigenvalue weighted by Crippen LogP contribution is 2.10. The Balaban J connectivity index is 2.50. The van der Waals surface area contributed by atoms with Gasteiger partial charge in [0.05, 0.1) is 12.8 Å². The van der Waals surface area contributed by atoms with Crippen molar-refractivity contribution in [3.63, 3.8) is 0 Å². The summed E-state index contributed by atoms with van der Waals surface area (Å²) < 4.78 is 5.32. The summed E-state index contributed by atoms with van der Waals surface area (Å²) in [5.74, 6) is 1.01. The minimum absolute atomic E-state index is 0.559. The van der Waals surface area contributed by atoms with Gasteiger partial charge in [-0.15, -0.1) is 0 Å². The van der Waals surface area contributed by atoms with E-state index in [-0.39, 0.29) is 0 Å². The van der Waals surface area contributed by atoms with Crippen molar-refractivity contribution >= 4 is 0 Å². The summed E-state index contributed by atoms with van der Waals surface area (Å²) in [6.45, 7) is 6.90. The van der Waals surface area contributed by atoms with Crippen LogP contribution in [0.15, 0.2) is 22.8 Å². The van der Waals surface area contributed by atoms with Crippen molar-refractivity contribution in [3.05, 3.63) is 24.2 Å². The van der Waals surface area contributed by atoms with Gasteiger partial charge in [0, 0.05) is 19.1 Å². The van der Waals surface area contributed by atoms with E-state index >= 15 is 0 Å². The molecule has 1 atom stereocenters. The van der Waals surface area contributed by atoms with Crippen LogP contribution >= 0.6 is 0 Å². The fraction of sp³-hybridized carbons (Fsp3) is 0.636. The highest BCUT2D eigenvalue weighted by Gasteiger charge is 2.12. The van der Waals surface area contributed by atoms with Crippen molar-refractivity contribution in [2.75, 3.05) is 13.1 Å². The lowest BCUT2D eigenvalue weighted by Gasteiger charge is -2.26. The van der Waals surface area contributed by atoms with E-state index in [0.717, 1.165) is 25.3 Å². The summed E-state index contributed by atoms with van der Waals surface area (Å²) >= 11 is 0. The van der Waals surface area contributed by atoms with Gasteiger partial charge in [0.1, 0.15) is 5.76 Å². The molecule has 0 aliphatic heterocycles. The van der Waals surface area contributed by atoms with E-state index in [1.807, 2.05) is 12.1 Å². The number of rotatable bonds is 6. The van der Waals surface area contributed by atoms with Crippen LogP contribution in [0.3, 0.4) is 0 Å². The molecule has 0 aromatic carbocycles. The minimum Gasteiger partial charge on any atom is -0.468 e. The van der Waals surface area contributed by atoms with Crippen LogP contribution in [0.4, 0.5) is 0 Å². The molecule has 0 fully saturated rings. The monoisotopic (exact) mass is 196 g/mol. The molecule has 0 saturated heterocycles. The Bertz CT molecular complexity index is 233. The van der Waals surface area contributed by atoms with Crippen molar-refractivity contribution in [2.45, 2.75) is 32.9 Å². The number of nitrogens with zero attached hydrogens (tertiary/aromatic N) is 1. The lowest BCUT2D eigenvalue weighted by Crippen LogP contribution is -2.36. The van der Waals surface area contributed by atoms with Crippen molar-refractivity contribution in [1.82, 2.24) is 4.90 Å². The molecule has 1 rings (SSSR count). The van der Waals surface area contributed by atoms with Gasteiger partial charge in [0.2, 0.25) is 0 Å². The molecule has 0 radical (unpaired) electrons. The Morgan fingerprint density at radius 2 is 2.36 bits per heavy atom. The van der Waals surface area contributed by atoms with Crippen LogP contribution in [0.5, 0.6) is 0 Å². The Labute approximate surface area is 85.9 Å². The van der Waals surface area contributed by atoms with E-state index in [1.165, 1.54) is 0 Å². The Kier molecular flexibility index (Phi) is 4.70. The van der Waals surface area contributed by atoms with Crippen LogP contribution < -0.4 is 5.73 Å². The first-order valence-corrected chi connectivity index (χ1v) is 5.24. The molecular weight excluding hydrogens is 176 g/mol. The van der Waals surface area contributed by atoms with E-state index in [9.17, 15) is 0 Å². The summed E-state index contributed by atoms with van der Waals surface area (Å²) in [5, 5.41) is 0. The molecule has 2 N–H and O–H groups in total. The molecule has 14 heavy (non-hydrogen) atoms.